The number of hydrogen-bond donors (Lipinski definition) is 1. The van der Waals surface area contributed by atoms with Gasteiger partial charge in [-0.3, -0.25) is 9.59 Å². The van der Waals surface area contributed by atoms with Gasteiger partial charge >= 0.3 is 0 Å². The fourth-order valence-electron chi connectivity index (χ4n) is 3.71. The molecule has 1 N–H and O–H groups in total. The van der Waals surface area contributed by atoms with Crippen molar-refractivity contribution in [1.29, 1.82) is 0 Å². The summed E-state index contributed by atoms with van der Waals surface area (Å²) in [6, 6.07) is 23.2. The quantitative estimate of drug-likeness (QED) is 0.280. The summed E-state index contributed by atoms with van der Waals surface area (Å²) in [5, 5.41) is 2.99. The standard InChI is InChI=1S/C29H32BrFN2O2S/c1-21(2)17-32-29(35)27(16-22-8-4-3-5-9-22)33(18-24-10-6-7-11-26(24)31)28(34)20-36-19-23-12-14-25(30)15-13-23/h3-15,21,27H,16-20H2,1-2H3,(H,32,35). The lowest BCUT2D eigenvalue weighted by atomic mass is 10.0. The van der Waals surface area contributed by atoms with E-state index in [1.165, 1.54) is 22.7 Å². The number of benzene rings is 3. The molecule has 3 aromatic rings. The fraction of sp³-hybridized carbons (Fsp3) is 0.310. The molecule has 0 aliphatic rings. The summed E-state index contributed by atoms with van der Waals surface area (Å²) in [6.45, 7) is 4.57. The van der Waals surface area contributed by atoms with E-state index in [9.17, 15) is 14.0 Å². The molecule has 4 nitrogen and oxygen atoms in total. The molecule has 0 heterocycles. The van der Waals surface area contributed by atoms with Gasteiger partial charge in [0.05, 0.1) is 5.75 Å². The molecule has 2 amide bonds. The first-order valence-corrected chi connectivity index (χ1v) is 13.9. The maximum absolute atomic E-state index is 14.6. The van der Waals surface area contributed by atoms with Crippen LogP contribution in [0.4, 0.5) is 4.39 Å². The number of halogens is 2. The van der Waals surface area contributed by atoms with Crippen LogP contribution in [0.15, 0.2) is 83.3 Å². The maximum Gasteiger partial charge on any atom is 0.243 e. The zero-order valence-corrected chi connectivity index (χ0v) is 23.0. The molecule has 3 aromatic carbocycles. The van der Waals surface area contributed by atoms with Crippen molar-refractivity contribution in [3.8, 4) is 0 Å². The number of thioether (sulfide) groups is 1. The van der Waals surface area contributed by atoms with Gasteiger partial charge in [-0.05, 0) is 35.2 Å². The summed E-state index contributed by atoms with van der Waals surface area (Å²) >= 11 is 4.92. The SMILES string of the molecule is CC(C)CNC(=O)C(Cc1ccccc1)N(Cc1ccccc1F)C(=O)CSCc1ccc(Br)cc1. The minimum absolute atomic E-state index is 0.0248. The molecule has 1 atom stereocenters. The van der Waals surface area contributed by atoms with Crippen molar-refractivity contribution < 1.29 is 14.0 Å². The van der Waals surface area contributed by atoms with Crippen molar-refractivity contribution in [2.45, 2.75) is 38.6 Å². The molecular weight excluding hydrogens is 539 g/mol. The first-order chi connectivity index (χ1) is 17.3. The highest BCUT2D eigenvalue weighted by Crippen LogP contribution is 2.20. The van der Waals surface area contributed by atoms with E-state index in [2.05, 4.69) is 21.2 Å². The van der Waals surface area contributed by atoms with E-state index in [0.717, 1.165) is 15.6 Å². The minimum Gasteiger partial charge on any atom is -0.354 e. The van der Waals surface area contributed by atoms with Crippen LogP contribution in [0.1, 0.15) is 30.5 Å². The van der Waals surface area contributed by atoms with Gasteiger partial charge in [-0.1, -0.05) is 90.4 Å². The molecule has 3 rings (SSSR count). The summed E-state index contributed by atoms with van der Waals surface area (Å²) in [6.07, 6.45) is 0.350. The van der Waals surface area contributed by atoms with Crippen LogP contribution in [-0.4, -0.2) is 35.1 Å². The molecule has 0 bridgehead atoms. The smallest absolute Gasteiger partial charge is 0.243 e. The molecule has 190 valence electrons. The van der Waals surface area contributed by atoms with Gasteiger partial charge in [-0.25, -0.2) is 4.39 Å². The largest absolute Gasteiger partial charge is 0.354 e. The second-order valence-corrected chi connectivity index (χ2v) is 11.0. The number of amides is 2. The maximum atomic E-state index is 14.6. The summed E-state index contributed by atoms with van der Waals surface area (Å²) < 4.78 is 15.6. The molecule has 0 spiro atoms. The van der Waals surface area contributed by atoms with Gasteiger partial charge in [0.1, 0.15) is 11.9 Å². The predicted octanol–water partition coefficient (Wildman–Crippen LogP) is 6.23. The van der Waals surface area contributed by atoms with E-state index in [-0.39, 0.29) is 35.8 Å². The Balaban J connectivity index is 1.84. The predicted molar refractivity (Wildman–Crippen MR) is 149 cm³/mol. The second-order valence-electron chi connectivity index (χ2n) is 9.08. The van der Waals surface area contributed by atoms with E-state index < -0.39 is 6.04 Å². The van der Waals surface area contributed by atoms with Gasteiger partial charge in [0.25, 0.3) is 0 Å². The Morgan fingerprint density at radius 2 is 1.61 bits per heavy atom. The Morgan fingerprint density at radius 1 is 0.944 bits per heavy atom. The molecule has 36 heavy (non-hydrogen) atoms. The van der Waals surface area contributed by atoms with E-state index in [1.54, 1.807) is 18.2 Å². The molecule has 0 saturated heterocycles. The number of carbonyl (C=O) groups excluding carboxylic acids is 2. The third-order valence-electron chi connectivity index (χ3n) is 5.66. The van der Waals surface area contributed by atoms with Crippen LogP contribution in [0.2, 0.25) is 0 Å². The molecule has 0 aliphatic carbocycles. The van der Waals surface area contributed by atoms with E-state index >= 15 is 0 Å². The third kappa shape index (κ3) is 8.79. The zero-order valence-electron chi connectivity index (χ0n) is 20.6. The highest BCUT2D eigenvalue weighted by Gasteiger charge is 2.30. The van der Waals surface area contributed by atoms with Crippen LogP contribution in [0.25, 0.3) is 0 Å². The highest BCUT2D eigenvalue weighted by molar-refractivity contribution is 9.10. The average molecular weight is 572 g/mol. The van der Waals surface area contributed by atoms with Crippen molar-refractivity contribution in [1.82, 2.24) is 10.2 Å². The molecule has 0 aliphatic heterocycles. The van der Waals surface area contributed by atoms with Crippen LogP contribution in [0.3, 0.4) is 0 Å². The summed E-state index contributed by atoms with van der Waals surface area (Å²) in [7, 11) is 0. The number of nitrogens with zero attached hydrogens (tertiary/aromatic N) is 1. The van der Waals surface area contributed by atoms with Crippen molar-refractivity contribution in [2.24, 2.45) is 5.92 Å². The molecule has 1 unspecified atom stereocenters. The Labute approximate surface area is 225 Å². The number of hydrogen-bond acceptors (Lipinski definition) is 3. The van der Waals surface area contributed by atoms with Crippen molar-refractivity contribution in [3.05, 3.63) is 106 Å². The summed E-state index contributed by atoms with van der Waals surface area (Å²) in [5.41, 5.74) is 2.43. The Hall–Kier alpha value is -2.64. The summed E-state index contributed by atoms with van der Waals surface area (Å²) in [5.74, 6) is 0.307. The Kier molecular flexibility index (Phi) is 11.0. The van der Waals surface area contributed by atoms with Gasteiger partial charge in [0.2, 0.25) is 11.8 Å². The number of nitrogens with one attached hydrogen (secondary N) is 1. The number of rotatable bonds is 12. The van der Waals surface area contributed by atoms with E-state index in [0.29, 0.717) is 24.3 Å². The van der Waals surface area contributed by atoms with Crippen LogP contribution in [0, 0.1) is 11.7 Å². The van der Waals surface area contributed by atoms with Crippen LogP contribution in [0.5, 0.6) is 0 Å². The lowest BCUT2D eigenvalue weighted by Crippen LogP contribution is -2.51. The summed E-state index contributed by atoms with van der Waals surface area (Å²) in [4.78, 5) is 28.5. The highest BCUT2D eigenvalue weighted by atomic mass is 79.9. The van der Waals surface area contributed by atoms with E-state index in [1.807, 2.05) is 68.4 Å². The van der Waals surface area contributed by atoms with Crippen molar-refractivity contribution in [3.63, 3.8) is 0 Å². The Bertz CT molecular complexity index is 1130. The van der Waals surface area contributed by atoms with Crippen molar-refractivity contribution in [2.75, 3.05) is 12.3 Å². The van der Waals surface area contributed by atoms with Crippen molar-refractivity contribution >= 4 is 39.5 Å². The van der Waals surface area contributed by atoms with Gasteiger partial charge in [-0.15, -0.1) is 11.8 Å². The Morgan fingerprint density at radius 3 is 2.28 bits per heavy atom. The first kappa shape index (κ1) is 27.9. The molecule has 0 aromatic heterocycles. The molecule has 0 fully saturated rings. The topological polar surface area (TPSA) is 49.4 Å². The molecular formula is C29H32BrFN2O2S. The van der Waals surface area contributed by atoms with Gasteiger partial charge < -0.3 is 10.2 Å². The second kappa shape index (κ2) is 14.2. The van der Waals surface area contributed by atoms with Crippen LogP contribution >= 0.6 is 27.7 Å². The first-order valence-electron chi connectivity index (χ1n) is 12.0. The van der Waals surface area contributed by atoms with Gasteiger partial charge in [0.15, 0.2) is 0 Å². The molecule has 7 heteroatoms. The van der Waals surface area contributed by atoms with Gasteiger partial charge in [-0.2, -0.15) is 0 Å². The molecule has 0 saturated carbocycles. The molecule has 0 radical (unpaired) electrons. The lowest BCUT2D eigenvalue weighted by Gasteiger charge is -2.32. The van der Waals surface area contributed by atoms with Crippen LogP contribution in [-0.2, 0) is 28.3 Å². The van der Waals surface area contributed by atoms with E-state index in [4.69, 9.17) is 0 Å². The average Bonchev–Trinajstić information content (AvgIpc) is 2.87. The lowest BCUT2D eigenvalue weighted by molar-refractivity contribution is -0.139. The minimum atomic E-state index is -0.758. The van der Waals surface area contributed by atoms with Gasteiger partial charge in [0, 0.05) is 35.3 Å². The fourth-order valence-corrected chi connectivity index (χ4v) is 4.84. The normalized spacial score (nSPS) is 11.8. The zero-order chi connectivity index (χ0) is 25.9. The van der Waals surface area contributed by atoms with Crippen LogP contribution < -0.4 is 5.32 Å². The third-order valence-corrected chi connectivity index (χ3v) is 7.18. The monoisotopic (exact) mass is 570 g/mol. The number of carbonyl (C=O) groups is 2.